The summed E-state index contributed by atoms with van der Waals surface area (Å²) in [7, 11) is 0. The fraction of sp³-hybridized carbons (Fsp3) is 0.185. The second-order valence-electron chi connectivity index (χ2n) is 8.87. The lowest BCUT2D eigenvalue weighted by Crippen LogP contribution is -2.29. The maximum atomic E-state index is 13.3. The van der Waals surface area contributed by atoms with E-state index in [1.165, 1.54) is 34.3 Å². The van der Waals surface area contributed by atoms with Crippen molar-refractivity contribution in [3.63, 3.8) is 0 Å². The van der Waals surface area contributed by atoms with Gasteiger partial charge in [-0.2, -0.15) is 0 Å². The Morgan fingerprint density at radius 1 is 1.18 bits per heavy atom. The van der Waals surface area contributed by atoms with Crippen LogP contribution in [-0.4, -0.2) is 33.1 Å². The molecule has 11 heteroatoms. The van der Waals surface area contributed by atoms with Gasteiger partial charge in [0.25, 0.3) is 5.78 Å². The molecule has 0 radical (unpaired) electrons. The first-order valence-corrected chi connectivity index (χ1v) is 13.9. The highest BCUT2D eigenvalue weighted by atomic mass is 35.5. The smallest absolute Gasteiger partial charge is 0.302 e. The molecule has 2 aromatic heterocycles. The van der Waals surface area contributed by atoms with Crippen LogP contribution in [0.1, 0.15) is 35.4 Å². The Morgan fingerprint density at radius 2 is 2.03 bits per heavy atom. The Bertz CT molecular complexity index is 1580. The van der Waals surface area contributed by atoms with Crippen molar-refractivity contribution in [1.29, 1.82) is 0 Å². The number of furan rings is 1. The summed E-state index contributed by atoms with van der Waals surface area (Å²) in [5, 5.41) is 20.6. The zero-order valence-corrected chi connectivity index (χ0v) is 22.3. The fourth-order valence-electron chi connectivity index (χ4n) is 4.58. The summed E-state index contributed by atoms with van der Waals surface area (Å²) in [5.41, 5.74) is 2.22. The molecule has 4 heterocycles. The van der Waals surface area contributed by atoms with Crippen LogP contribution in [-0.2, 0) is 21.8 Å². The summed E-state index contributed by atoms with van der Waals surface area (Å²) >= 11 is 8.86. The average molecular weight is 566 g/mol. The highest BCUT2D eigenvalue weighted by molar-refractivity contribution is 8.00. The van der Waals surface area contributed by atoms with E-state index in [1.54, 1.807) is 30.3 Å². The summed E-state index contributed by atoms with van der Waals surface area (Å²) in [5.74, 6) is -0.293. The molecule has 0 saturated carbocycles. The fourth-order valence-corrected chi connectivity index (χ4v) is 6.74. The molecular formula is C27H20ClN3O5S2. The van der Waals surface area contributed by atoms with Crippen LogP contribution < -0.4 is 9.64 Å². The molecule has 0 spiro atoms. The van der Waals surface area contributed by atoms with Gasteiger partial charge < -0.3 is 14.3 Å². The van der Waals surface area contributed by atoms with E-state index in [4.69, 9.17) is 20.8 Å². The second kappa shape index (κ2) is 9.94. The number of aliphatic hydroxyl groups excluding tert-OH is 1. The van der Waals surface area contributed by atoms with E-state index in [0.29, 0.717) is 32.9 Å². The van der Waals surface area contributed by atoms with Crippen molar-refractivity contribution in [1.82, 2.24) is 10.2 Å². The summed E-state index contributed by atoms with van der Waals surface area (Å²) in [6.07, 6.45) is 2.17. The number of benzene rings is 2. The van der Waals surface area contributed by atoms with Crippen LogP contribution in [0, 0.1) is 0 Å². The first kappa shape index (κ1) is 24.7. The highest BCUT2D eigenvalue weighted by Crippen LogP contribution is 2.44. The molecule has 2 unspecified atom stereocenters. The van der Waals surface area contributed by atoms with Gasteiger partial charge in [-0.3, -0.25) is 14.5 Å². The molecule has 0 bridgehead atoms. The van der Waals surface area contributed by atoms with Crippen molar-refractivity contribution in [3.05, 3.63) is 93.9 Å². The van der Waals surface area contributed by atoms with Crippen molar-refractivity contribution < 1.29 is 23.8 Å². The normalized spacial score (nSPS) is 20.1. The lowest BCUT2D eigenvalue weighted by atomic mass is 9.97. The lowest BCUT2D eigenvalue weighted by molar-refractivity contribution is -0.132. The molecule has 1 N–H and O–H groups in total. The number of carbonyl (C=O) groups is 2. The first-order chi connectivity index (χ1) is 18.4. The molecule has 2 atom stereocenters. The van der Waals surface area contributed by atoms with Gasteiger partial charge in [-0.15, -0.1) is 10.2 Å². The van der Waals surface area contributed by atoms with Gasteiger partial charge in [-0.25, -0.2) is 0 Å². The van der Waals surface area contributed by atoms with Crippen LogP contribution in [0.4, 0.5) is 5.13 Å². The van der Waals surface area contributed by atoms with E-state index in [-0.39, 0.29) is 22.6 Å². The van der Waals surface area contributed by atoms with Crippen LogP contribution in [0.3, 0.4) is 0 Å². The van der Waals surface area contributed by atoms with Crippen LogP contribution in [0.5, 0.6) is 5.75 Å². The Kier molecular flexibility index (Phi) is 6.46. The van der Waals surface area contributed by atoms with Crippen molar-refractivity contribution in [2.45, 2.75) is 35.6 Å². The third-order valence-electron chi connectivity index (χ3n) is 6.34. The lowest BCUT2D eigenvalue weighted by Gasteiger charge is -2.20. The summed E-state index contributed by atoms with van der Waals surface area (Å²) < 4.78 is 12.0. The molecule has 2 aliphatic heterocycles. The monoisotopic (exact) mass is 565 g/mol. The molecule has 38 heavy (non-hydrogen) atoms. The number of halogens is 1. The molecule has 2 aromatic carbocycles. The minimum atomic E-state index is -0.997. The minimum absolute atomic E-state index is 0.0264. The highest BCUT2D eigenvalue weighted by Gasteiger charge is 2.49. The van der Waals surface area contributed by atoms with Crippen LogP contribution in [0.15, 0.2) is 75.2 Å². The van der Waals surface area contributed by atoms with Crippen LogP contribution in [0.25, 0.3) is 5.76 Å². The molecule has 1 fully saturated rings. The molecule has 1 amide bonds. The largest absolute Gasteiger partial charge is 0.507 e. The van der Waals surface area contributed by atoms with Crippen LogP contribution >= 0.6 is 34.7 Å². The maximum Gasteiger partial charge on any atom is 0.302 e. The number of Topliss-reactive ketones (excluding diaryl/α,β-unsaturated/α-hetero) is 1. The zero-order valence-electron chi connectivity index (χ0n) is 20.0. The Morgan fingerprint density at radius 3 is 2.82 bits per heavy atom. The van der Waals surface area contributed by atoms with E-state index in [9.17, 15) is 14.7 Å². The van der Waals surface area contributed by atoms with Crippen molar-refractivity contribution >= 4 is 57.3 Å². The second-order valence-corrected chi connectivity index (χ2v) is 11.5. The molecule has 2 aliphatic rings. The average Bonchev–Trinajstić information content (AvgIpc) is 3.70. The molecule has 8 nitrogen and oxygen atoms in total. The number of anilines is 1. The number of hydrogen-bond acceptors (Lipinski definition) is 9. The summed E-state index contributed by atoms with van der Waals surface area (Å²) in [6, 6.07) is 15.1. The molecule has 4 aromatic rings. The van der Waals surface area contributed by atoms with Gasteiger partial charge >= 0.3 is 5.91 Å². The molecule has 1 saturated heterocycles. The maximum absolute atomic E-state index is 13.3. The Balaban J connectivity index is 1.36. The van der Waals surface area contributed by atoms with Gasteiger partial charge in [-0.05, 0) is 54.4 Å². The quantitative estimate of drug-likeness (QED) is 0.0993. The number of ketones is 1. The van der Waals surface area contributed by atoms with Gasteiger partial charge in [0.1, 0.15) is 29.4 Å². The number of rotatable bonds is 6. The zero-order chi connectivity index (χ0) is 26.4. The van der Waals surface area contributed by atoms with Gasteiger partial charge in [0.2, 0.25) is 5.13 Å². The number of thioether (sulfide) groups is 1. The van der Waals surface area contributed by atoms with E-state index in [1.807, 2.05) is 31.2 Å². The SMILES string of the molecule is CC1Cc2cc(/C(O)=C3\C(=O)C(=O)N(c4nnc(SCc5ccccc5Cl)s4)C3c3ccco3)ccc2O1. The Hall–Kier alpha value is -3.60. The molecule has 192 valence electrons. The third-order valence-corrected chi connectivity index (χ3v) is 8.81. The first-order valence-electron chi connectivity index (χ1n) is 11.7. The van der Waals surface area contributed by atoms with Crippen molar-refractivity contribution in [2.24, 2.45) is 0 Å². The number of carbonyl (C=O) groups excluding carboxylic acids is 2. The number of ether oxygens (including phenoxy) is 1. The third kappa shape index (κ3) is 4.38. The summed E-state index contributed by atoms with van der Waals surface area (Å²) in [6.45, 7) is 1.96. The van der Waals surface area contributed by atoms with Gasteiger partial charge in [0.15, 0.2) is 4.34 Å². The van der Waals surface area contributed by atoms with E-state index in [2.05, 4.69) is 10.2 Å². The minimum Gasteiger partial charge on any atom is -0.507 e. The van der Waals surface area contributed by atoms with Crippen LogP contribution in [0.2, 0.25) is 5.02 Å². The molecule has 6 rings (SSSR count). The van der Waals surface area contributed by atoms with E-state index in [0.717, 1.165) is 16.9 Å². The molecule has 0 aliphatic carbocycles. The molecular weight excluding hydrogens is 546 g/mol. The van der Waals surface area contributed by atoms with Crippen molar-refractivity contribution in [3.8, 4) is 5.75 Å². The van der Waals surface area contributed by atoms with Crippen molar-refractivity contribution in [2.75, 3.05) is 4.90 Å². The van der Waals surface area contributed by atoms with Gasteiger partial charge in [0.05, 0.1) is 11.8 Å². The number of amides is 1. The number of fused-ring (bicyclic) bond motifs is 1. The Labute approximate surface area is 230 Å². The van der Waals surface area contributed by atoms with E-state index < -0.39 is 17.7 Å². The number of aliphatic hydroxyl groups is 1. The number of hydrogen-bond donors (Lipinski definition) is 1. The number of nitrogens with zero attached hydrogens (tertiary/aromatic N) is 3. The van der Waals surface area contributed by atoms with Gasteiger partial charge in [-0.1, -0.05) is 52.9 Å². The standard InChI is InChI=1S/C27H20ClN3O5S2/c1-14-11-17-12-15(8-9-19(17)36-14)23(32)21-22(20-7-4-10-35-20)31(25(34)24(21)33)26-29-30-27(38-26)37-13-16-5-2-3-6-18(16)28/h2-10,12,14,22,32H,11,13H2,1H3/b23-21+. The van der Waals surface area contributed by atoms with E-state index >= 15 is 0 Å². The number of aromatic nitrogens is 2. The predicted octanol–water partition coefficient (Wildman–Crippen LogP) is 6.03. The topological polar surface area (TPSA) is 106 Å². The van der Waals surface area contributed by atoms with Gasteiger partial charge in [0, 0.05) is 22.8 Å². The predicted molar refractivity (Wildman–Crippen MR) is 145 cm³/mol. The summed E-state index contributed by atoms with van der Waals surface area (Å²) in [4.78, 5) is 27.9.